The molecule has 4 atom stereocenters. The van der Waals surface area contributed by atoms with Crippen molar-refractivity contribution in [3.63, 3.8) is 0 Å². The molecule has 0 aliphatic carbocycles. The highest BCUT2D eigenvalue weighted by Crippen LogP contribution is 2.46. The van der Waals surface area contributed by atoms with Crippen LogP contribution < -0.4 is 20.9 Å². The zero-order valence-corrected chi connectivity index (χ0v) is 25.5. The largest absolute Gasteiger partial charge is 0.480 e. The first-order chi connectivity index (χ1) is 19.1. The molecule has 222 valence electrons. The number of H-pyrrole nitrogens is 1. The van der Waals surface area contributed by atoms with Gasteiger partial charge in [-0.15, -0.1) is 0 Å². The molecule has 2 aromatic heterocycles. The Morgan fingerprint density at radius 1 is 1.32 bits per heavy atom. The van der Waals surface area contributed by atoms with Crippen LogP contribution in [-0.2, 0) is 23.0 Å². The number of hydrogen-bond acceptors (Lipinski definition) is 10. The predicted molar refractivity (Wildman–Crippen MR) is 154 cm³/mol. The first-order valence-corrected chi connectivity index (χ1v) is 17.3. The second-order valence-electron chi connectivity index (χ2n) is 11.1. The highest BCUT2D eigenvalue weighted by Gasteiger charge is 2.44. The van der Waals surface area contributed by atoms with Gasteiger partial charge in [0.2, 0.25) is 12.2 Å². The number of aromatic amines is 1. The molecular weight excluding hydrogens is 571 g/mol. The Kier molecular flexibility index (Phi) is 8.48. The molecule has 1 aliphatic rings. The van der Waals surface area contributed by atoms with E-state index < -0.39 is 46.0 Å². The van der Waals surface area contributed by atoms with Crippen molar-refractivity contribution in [2.75, 3.05) is 12.3 Å². The monoisotopic (exact) mass is 606 g/mol. The quantitative estimate of drug-likeness (QED) is 0.183. The number of carbonyl (C=O) groups is 1. The molecule has 3 aromatic rings. The molecule has 0 spiro atoms. The Hall–Kier alpha value is -3.49. The van der Waals surface area contributed by atoms with Gasteiger partial charge in [0.05, 0.1) is 0 Å². The van der Waals surface area contributed by atoms with Gasteiger partial charge in [0.15, 0.2) is 19.5 Å². The fraction of sp³-hybridized carbons (Fsp3) is 0.440. The smallest absolute Gasteiger partial charge is 0.459 e. The van der Waals surface area contributed by atoms with Crippen LogP contribution >= 0.6 is 7.75 Å². The number of fused-ring (bicyclic) bond motifs is 1. The minimum absolute atomic E-state index is 0.0752. The summed E-state index contributed by atoms with van der Waals surface area (Å²) in [4.78, 5) is 34.7. The third-order valence-electron chi connectivity index (χ3n) is 6.93. The second kappa shape index (κ2) is 11.4. The molecule has 0 radical (unpaired) electrons. The summed E-state index contributed by atoms with van der Waals surface area (Å²) in [5.74, 6) is -0.852. The van der Waals surface area contributed by atoms with Crippen molar-refractivity contribution in [1.82, 2.24) is 24.6 Å². The summed E-state index contributed by atoms with van der Waals surface area (Å²) in [5.41, 5.74) is 5.57. The standard InChI is InChI=1S/C25H35N6O8PSi/c1-15(23(33)34)30-40(35,38-16-10-8-7-9-11-16)36-13-17-12-18(39-41(5,6)25(2,3)4)22(37-17)31-14-27-19-20(31)28-24(26)29-21(19)32/h7-12,14-15,18,22H,13H2,1-6H3,(H,30,35)(H,33,34)(H3,26,28,29,32)/t15-,18+,22+,40-/m0/s1. The average Bonchev–Trinajstić information content (AvgIpc) is 3.46. The minimum atomic E-state index is -4.20. The summed E-state index contributed by atoms with van der Waals surface area (Å²) in [6.45, 7) is 11.4. The molecule has 4 rings (SSSR count). The van der Waals surface area contributed by atoms with Crippen LogP contribution in [0.4, 0.5) is 5.95 Å². The maximum atomic E-state index is 13.7. The topological polar surface area (TPSA) is 193 Å². The van der Waals surface area contributed by atoms with Crippen LogP contribution in [0.25, 0.3) is 11.2 Å². The lowest BCUT2D eigenvalue weighted by Gasteiger charge is -2.39. The van der Waals surface area contributed by atoms with E-state index in [0.29, 0.717) is 0 Å². The van der Waals surface area contributed by atoms with E-state index in [2.05, 4.69) is 53.9 Å². The number of imidazole rings is 1. The molecule has 1 aliphatic heterocycles. The molecule has 0 unspecified atom stereocenters. The summed E-state index contributed by atoms with van der Waals surface area (Å²) in [6.07, 6.45) is 1.60. The maximum absolute atomic E-state index is 13.7. The second-order valence-corrected chi connectivity index (χ2v) is 17.6. The Morgan fingerprint density at radius 2 is 2.00 bits per heavy atom. The van der Waals surface area contributed by atoms with Gasteiger partial charge in [0, 0.05) is 0 Å². The molecule has 0 saturated carbocycles. The predicted octanol–water partition coefficient (Wildman–Crippen LogP) is 3.77. The van der Waals surface area contributed by atoms with Crippen LogP contribution in [0.5, 0.6) is 5.75 Å². The van der Waals surface area contributed by atoms with E-state index in [9.17, 15) is 19.3 Å². The van der Waals surface area contributed by atoms with E-state index in [-0.39, 0.29) is 40.3 Å². The van der Waals surface area contributed by atoms with Crippen molar-refractivity contribution in [2.45, 2.75) is 64.2 Å². The lowest BCUT2D eigenvalue weighted by Crippen LogP contribution is -2.45. The van der Waals surface area contributed by atoms with E-state index in [1.54, 1.807) is 41.0 Å². The van der Waals surface area contributed by atoms with Gasteiger partial charge in [-0.05, 0) is 43.3 Å². The number of carboxylic acids is 1. The molecule has 14 nitrogen and oxygen atoms in total. The lowest BCUT2D eigenvalue weighted by molar-refractivity contribution is -0.138. The number of nitrogens with two attached hydrogens (primary N) is 1. The van der Waals surface area contributed by atoms with Crippen LogP contribution in [0, 0.1) is 0 Å². The fourth-order valence-electron chi connectivity index (χ4n) is 3.71. The molecule has 0 fully saturated rings. The van der Waals surface area contributed by atoms with E-state index >= 15 is 0 Å². The number of nitrogen functional groups attached to an aromatic ring is 1. The van der Waals surface area contributed by atoms with Crippen molar-refractivity contribution in [3.05, 3.63) is 58.8 Å². The van der Waals surface area contributed by atoms with Crippen molar-refractivity contribution in [2.24, 2.45) is 0 Å². The van der Waals surface area contributed by atoms with Crippen LogP contribution in [0.1, 0.15) is 33.9 Å². The number of nitrogens with zero attached hydrogens (tertiary/aromatic N) is 3. The molecule has 0 saturated heterocycles. The van der Waals surface area contributed by atoms with Crippen molar-refractivity contribution in [3.8, 4) is 5.75 Å². The Labute approximate surface area is 237 Å². The number of para-hydroxylation sites is 1. The molecule has 1 aromatic carbocycles. The SMILES string of the molecule is C[C@H](N[P@](=O)(OCC1=C[C@@H](O[Si](C)(C)C(C)(C)C)[C@H](n2cnc3c(=O)[nH]c(N)nc32)O1)Oc1ccccc1)C(=O)O. The summed E-state index contributed by atoms with van der Waals surface area (Å²) < 4.78 is 39.3. The van der Waals surface area contributed by atoms with Gasteiger partial charge in [-0.25, -0.2) is 9.55 Å². The lowest BCUT2D eigenvalue weighted by atomic mass is 10.2. The molecule has 3 heterocycles. The van der Waals surface area contributed by atoms with Gasteiger partial charge < -0.3 is 24.5 Å². The Morgan fingerprint density at radius 3 is 2.63 bits per heavy atom. The van der Waals surface area contributed by atoms with E-state index in [1.807, 2.05) is 0 Å². The minimum Gasteiger partial charge on any atom is -0.480 e. The van der Waals surface area contributed by atoms with Crippen molar-refractivity contribution >= 4 is 39.1 Å². The fourth-order valence-corrected chi connectivity index (χ4v) is 6.39. The Balaban J connectivity index is 1.64. The van der Waals surface area contributed by atoms with Crippen LogP contribution in [-0.4, -0.2) is 57.7 Å². The van der Waals surface area contributed by atoms with Crippen molar-refractivity contribution < 1.29 is 32.7 Å². The number of aliphatic carboxylic acids is 1. The number of carboxylic acid groups (broad SMARTS) is 1. The first kappa shape index (κ1) is 30.5. The van der Waals surface area contributed by atoms with Gasteiger partial charge in [0.1, 0.15) is 36.6 Å². The zero-order chi connectivity index (χ0) is 30.2. The van der Waals surface area contributed by atoms with Gasteiger partial charge in [-0.3, -0.25) is 23.7 Å². The third-order valence-corrected chi connectivity index (χ3v) is 13.0. The normalized spacial score (nSPS) is 19.8. The van der Waals surface area contributed by atoms with E-state index in [4.69, 9.17) is 23.9 Å². The van der Waals surface area contributed by atoms with Crippen molar-refractivity contribution in [1.29, 1.82) is 0 Å². The summed E-state index contributed by atoms with van der Waals surface area (Å²) >= 11 is 0. The van der Waals surface area contributed by atoms with E-state index in [0.717, 1.165) is 0 Å². The highest BCUT2D eigenvalue weighted by atomic mass is 31.2. The summed E-state index contributed by atoms with van der Waals surface area (Å²) in [6, 6.07) is 7.00. The van der Waals surface area contributed by atoms with Crippen LogP contribution in [0.15, 0.2) is 53.3 Å². The van der Waals surface area contributed by atoms with E-state index in [1.165, 1.54) is 13.3 Å². The molecule has 5 N–H and O–H groups in total. The number of benzene rings is 1. The molecule has 41 heavy (non-hydrogen) atoms. The zero-order valence-electron chi connectivity index (χ0n) is 23.7. The first-order valence-electron chi connectivity index (χ1n) is 12.9. The molecule has 0 amide bonds. The maximum Gasteiger partial charge on any atom is 0.459 e. The Bertz CT molecular complexity index is 1550. The van der Waals surface area contributed by atoms with Crippen LogP contribution in [0.2, 0.25) is 18.1 Å². The molecule has 0 bridgehead atoms. The van der Waals surface area contributed by atoms with Gasteiger partial charge in [-0.1, -0.05) is 39.0 Å². The molecular formula is C25H35N6O8PSi. The van der Waals surface area contributed by atoms with Gasteiger partial charge in [-0.2, -0.15) is 10.1 Å². The van der Waals surface area contributed by atoms with Gasteiger partial charge >= 0.3 is 13.7 Å². The van der Waals surface area contributed by atoms with Crippen LogP contribution in [0.3, 0.4) is 0 Å². The van der Waals surface area contributed by atoms with Gasteiger partial charge in [0.25, 0.3) is 5.56 Å². The summed E-state index contributed by atoms with van der Waals surface area (Å²) in [5, 5.41) is 11.7. The summed E-state index contributed by atoms with van der Waals surface area (Å²) in [7, 11) is -6.56. The number of anilines is 1. The number of rotatable bonds is 11. The number of aromatic nitrogens is 4. The number of hydrogen-bond donors (Lipinski definition) is 4. The third kappa shape index (κ3) is 6.88. The average molecular weight is 607 g/mol. The number of ether oxygens (including phenoxy) is 1. The molecule has 16 heteroatoms. The highest BCUT2D eigenvalue weighted by molar-refractivity contribution is 7.52. The number of nitrogens with one attached hydrogen (secondary N) is 2.